The van der Waals surface area contributed by atoms with E-state index >= 15 is 0 Å². The lowest BCUT2D eigenvalue weighted by atomic mass is 10.2. The van der Waals surface area contributed by atoms with Crippen molar-refractivity contribution in [1.82, 2.24) is 0 Å². The van der Waals surface area contributed by atoms with Gasteiger partial charge in [-0.15, -0.1) is 0 Å². The molecular formula is C9H8BrF2N3O2. The molecule has 0 atom stereocenters. The summed E-state index contributed by atoms with van der Waals surface area (Å²) in [6.45, 7) is 0. The zero-order chi connectivity index (χ0) is 13.0. The summed E-state index contributed by atoms with van der Waals surface area (Å²) in [6.07, 6.45) is -0.398. The van der Waals surface area contributed by atoms with Crippen LogP contribution < -0.4 is 11.1 Å². The number of hydrogen-bond acceptors (Lipinski definition) is 3. The van der Waals surface area contributed by atoms with E-state index in [9.17, 15) is 13.6 Å². The summed E-state index contributed by atoms with van der Waals surface area (Å²) >= 11 is 2.85. The number of nitrogens with one attached hydrogen (secondary N) is 1. The lowest BCUT2D eigenvalue weighted by molar-refractivity contribution is -0.115. The van der Waals surface area contributed by atoms with Gasteiger partial charge in [-0.1, -0.05) is 5.16 Å². The molecule has 92 valence electrons. The Bertz CT molecular complexity index is 480. The summed E-state index contributed by atoms with van der Waals surface area (Å²) in [4.78, 5) is 11.3. The highest BCUT2D eigenvalue weighted by atomic mass is 79.9. The highest BCUT2D eigenvalue weighted by Crippen LogP contribution is 2.23. The Labute approximate surface area is 103 Å². The number of amides is 1. The van der Waals surface area contributed by atoms with Gasteiger partial charge in [-0.3, -0.25) is 4.79 Å². The van der Waals surface area contributed by atoms with E-state index in [-0.39, 0.29) is 16.0 Å². The minimum atomic E-state index is -0.918. The van der Waals surface area contributed by atoms with Crippen LogP contribution in [0, 0.1) is 11.6 Å². The first kappa shape index (κ1) is 13.4. The predicted molar refractivity (Wildman–Crippen MR) is 60.7 cm³/mol. The van der Waals surface area contributed by atoms with E-state index in [4.69, 9.17) is 10.9 Å². The van der Waals surface area contributed by atoms with E-state index in [1.165, 1.54) is 0 Å². The molecule has 4 N–H and O–H groups in total. The van der Waals surface area contributed by atoms with E-state index < -0.39 is 24.0 Å². The molecule has 0 unspecified atom stereocenters. The Kier molecular flexibility index (Phi) is 4.38. The van der Waals surface area contributed by atoms with Gasteiger partial charge >= 0.3 is 0 Å². The maximum atomic E-state index is 13.2. The minimum Gasteiger partial charge on any atom is -0.409 e. The summed E-state index contributed by atoms with van der Waals surface area (Å²) in [6, 6.07) is 1.71. The van der Waals surface area contributed by atoms with Crippen LogP contribution in [-0.2, 0) is 4.79 Å². The molecular weight excluding hydrogens is 300 g/mol. The molecule has 1 aromatic rings. The second kappa shape index (κ2) is 5.58. The van der Waals surface area contributed by atoms with Gasteiger partial charge in [0.2, 0.25) is 5.91 Å². The monoisotopic (exact) mass is 307 g/mol. The number of halogens is 3. The molecule has 1 amide bonds. The summed E-state index contributed by atoms with van der Waals surface area (Å²) in [5.41, 5.74) is 4.90. The molecule has 0 radical (unpaired) electrons. The third-order valence-corrected chi connectivity index (χ3v) is 2.36. The Morgan fingerprint density at radius 1 is 1.47 bits per heavy atom. The van der Waals surface area contributed by atoms with E-state index in [1.807, 2.05) is 0 Å². The minimum absolute atomic E-state index is 0.0120. The highest BCUT2D eigenvalue weighted by Gasteiger charge is 2.12. The van der Waals surface area contributed by atoms with E-state index in [1.54, 1.807) is 0 Å². The fourth-order valence-corrected chi connectivity index (χ4v) is 1.36. The van der Waals surface area contributed by atoms with Crippen molar-refractivity contribution < 1.29 is 18.8 Å². The quantitative estimate of drug-likeness (QED) is 0.262. The van der Waals surface area contributed by atoms with Gasteiger partial charge in [0.05, 0.1) is 16.6 Å². The van der Waals surface area contributed by atoms with Gasteiger partial charge in [0.1, 0.15) is 17.5 Å². The SMILES string of the molecule is N/C(CC(=O)Nc1cc(Br)c(F)cc1F)=N/O. The van der Waals surface area contributed by atoms with Crippen LogP contribution in [0.5, 0.6) is 0 Å². The Balaban J connectivity index is 2.82. The molecule has 8 heteroatoms. The van der Waals surface area contributed by atoms with Gasteiger partial charge in [-0.2, -0.15) is 0 Å². The number of carbonyl (C=O) groups excluding carboxylic acids is 1. The van der Waals surface area contributed by atoms with E-state index in [0.29, 0.717) is 6.07 Å². The van der Waals surface area contributed by atoms with Gasteiger partial charge in [-0.25, -0.2) is 8.78 Å². The number of benzene rings is 1. The van der Waals surface area contributed by atoms with Crippen molar-refractivity contribution >= 4 is 33.4 Å². The Morgan fingerprint density at radius 2 is 2.12 bits per heavy atom. The molecule has 0 bridgehead atoms. The van der Waals surface area contributed by atoms with Crippen LogP contribution in [0.15, 0.2) is 21.8 Å². The van der Waals surface area contributed by atoms with Crippen LogP contribution in [0.25, 0.3) is 0 Å². The number of nitrogens with two attached hydrogens (primary N) is 1. The van der Waals surface area contributed by atoms with Crippen molar-refractivity contribution in [2.24, 2.45) is 10.9 Å². The Morgan fingerprint density at radius 3 is 2.71 bits per heavy atom. The molecule has 0 aliphatic rings. The summed E-state index contributed by atoms with van der Waals surface area (Å²) in [5, 5.41) is 13.0. The molecule has 0 aromatic heterocycles. The zero-order valence-electron chi connectivity index (χ0n) is 8.38. The smallest absolute Gasteiger partial charge is 0.232 e. The normalized spacial score (nSPS) is 11.4. The molecule has 0 saturated heterocycles. The number of carbonyl (C=O) groups is 1. The molecule has 0 fully saturated rings. The molecule has 0 heterocycles. The lowest BCUT2D eigenvalue weighted by Crippen LogP contribution is -2.22. The van der Waals surface area contributed by atoms with Gasteiger partial charge in [0, 0.05) is 6.07 Å². The number of nitrogens with zero attached hydrogens (tertiary/aromatic N) is 1. The van der Waals surface area contributed by atoms with Crippen LogP contribution in [0.3, 0.4) is 0 Å². The number of rotatable bonds is 3. The first-order chi connectivity index (χ1) is 7.93. The molecule has 0 aliphatic carbocycles. The van der Waals surface area contributed by atoms with Crippen molar-refractivity contribution in [2.45, 2.75) is 6.42 Å². The average Bonchev–Trinajstić information content (AvgIpc) is 2.25. The number of oxime groups is 1. The van der Waals surface area contributed by atoms with Crippen molar-refractivity contribution in [3.63, 3.8) is 0 Å². The van der Waals surface area contributed by atoms with Crippen molar-refractivity contribution in [1.29, 1.82) is 0 Å². The molecule has 0 saturated carbocycles. The van der Waals surface area contributed by atoms with Gasteiger partial charge in [0.15, 0.2) is 0 Å². The number of hydrogen-bond donors (Lipinski definition) is 3. The first-order valence-corrected chi connectivity index (χ1v) is 5.14. The molecule has 0 spiro atoms. The standard InChI is InChI=1S/C9H8BrF2N3O2/c10-4-1-7(6(12)2-5(4)11)14-9(16)3-8(13)15-17/h1-2,17H,3H2,(H2,13,15)(H,14,16). The second-order valence-corrected chi connectivity index (χ2v) is 3.92. The van der Waals surface area contributed by atoms with Gasteiger partial charge in [-0.05, 0) is 22.0 Å². The van der Waals surface area contributed by atoms with Crippen LogP contribution in [0.4, 0.5) is 14.5 Å². The van der Waals surface area contributed by atoms with Crippen molar-refractivity contribution in [2.75, 3.05) is 5.32 Å². The van der Waals surface area contributed by atoms with Crippen molar-refractivity contribution in [3.05, 3.63) is 28.2 Å². The third-order valence-electron chi connectivity index (χ3n) is 1.75. The average molecular weight is 308 g/mol. The summed E-state index contributed by atoms with van der Waals surface area (Å²) in [7, 11) is 0. The topological polar surface area (TPSA) is 87.7 Å². The summed E-state index contributed by atoms with van der Waals surface area (Å²) < 4.78 is 26.1. The molecule has 1 rings (SSSR count). The summed E-state index contributed by atoms with van der Waals surface area (Å²) in [5.74, 6) is -2.70. The van der Waals surface area contributed by atoms with Gasteiger partial charge < -0.3 is 16.3 Å². The zero-order valence-corrected chi connectivity index (χ0v) is 9.96. The number of amidine groups is 1. The third kappa shape index (κ3) is 3.66. The second-order valence-electron chi connectivity index (χ2n) is 3.06. The highest BCUT2D eigenvalue weighted by molar-refractivity contribution is 9.10. The van der Waals surface area contributed by atoms with E-state index in [2.05, 4.69) is 26.4 Å². The van der Waals surface area contributed by atoms with Crippen LogP contribution in [0.1, 0.15) is 6.42 Å². The predicted octanol–water partition coefficient (Wildman–Crippen LogP) is 1.80. The first-order valence-electron chi connectivity index (χ1n) is 4.35. The van der Waals surface area contributed by atoms with Crippen LogP contribution in [-0.4, -0.2) is 17.0 Å². The van der Waals surface area contributed by atoms with Crippen LogP contribution in [0.2, 0.25) is 0 Å². The molecule has 1 aromatic carbocycles. The maximum Gasteiger partial charge on any atom is 0.232 e. The maximum absolute atomic E-state index is 13.2. The van der Waals surface area contributed by atoms with Crippen LogP contribution >= 0.6 is 15.9 Å². The lowest BCUT2D eigenvalue weighted by Gasteiger charge is -2.06. The largest absolute Gasteiger partial charge is 0.409 e. The van der Waals surface area contributed by atoms with Crippen molar-refractivity contribution in [3.8, 4) is 0 Å². The molecule has 0 aliphatic heterocycles. The number of anilines is 1. The fourth-order valence-electron chi connectivity index (χ4n) is 1.01. The molecule has 17 heavy (non-hydrogen) atoms. The molecule has 5 nitrogen and oxygen atoms in total. The Hall–Kier alpha value is -1.70. The fraction of sp³-hybridized carbons (Fsp3) is 0.111. The van der Waals surface area contributed by atoms with Gasteiger partial charge in [0.25, 0.3) is 0 Å². The van der Waals surface area contributed by atoms with E-state index in [0.717, 1.165) is 6.07 Å².